The molecule has 0 aromatic carbocycles. The number of nitrogens with one attached hydrogen (secondary N) is 1. The summed E-state index contributed by atoms with van der Waals surface area (Å²) in [6.07, 6.45) is 1.07. The van der Waals surface area contributed by atoms with E-state index in [0.717, 1.165) is 38.5 Å². The van der Waals surface area contributed by atoms with E-state index >= 15 is 0 Å². The van der Waals surface area contributed by atoms with Crippen molar-refractivity contribution < 1.29 is 13.9 Å². The number of carbonyl (C=O) groups is 1. The van der Waals surface area contributed by atoms with Gasteiger partial charge in [0, 0.05) is 25.7 Å². The van der Waals surface area contributed by atoms with E-state index < -0.39 is 0 Å². The van der Waals surface area contributed by atoms with Gasteiger partial charge in [-0.3, -0.25) is 9.69 Å². The van der Waals surface area contributed by atoms with Gasteiger partial charge in [0.05, 0.1) is 18.8 Å². The summed E-state index contributed by atoms with van der Waals surface area (Å²) >= 11 is 0. The average Bonchev–Trinajstić information content (AvgIpc) is 2.82. The maximum atomic E-state index is 12.3. The van der Waals surface area contributed by atoms with Gasteiger partial charge < -0.3 is 14.5 Å². The standard InChI is InChI=1S/C17H28N2O3/c1-12(2)9-15(19-5-7-21-8-6-19)11-18-17(20)16-10-13(3)22-14(16)4/h10,12,15H,5-9,11H2,1-4H3,(H,18,20). The van der Waals surface area contributed by atoms with Gasteiger partial charge in [0.2, 0.25) is 0 Å². The molecule has 0 aliphatic carbocycles. The fraction of sp³-hybridized carbons (Fsp3) is 0.706. The maximum absolute atomic E-state index is 12.3. The first-order valence-corrected chi connectivity index (χ1v) is 8.14. The molecule has 1 amide bonds. The number of carbonyl (C=O) groups excluding carboxylic acids is 1. The number of nitrogens with zero attached hydrogens (tertiary/aromatic N) is 1. The zero-order valence-electron chi connectivity index (χ0n) is 14.1. The Morgan fingerprint density at radius 2 is 2.00 bits per heavy atom. The van der Waals surface area contributed by atoms with Gasteiger partial charge in [0.1, 0.15) is 11.5 Å². The van der Waals surface area contributed by atoms with Crippen molar-refractivity contribution in [2.24, 2.45) is 5.92 Å². The van der Waals surface area contributed by atoms with E-state index in [-0.39, 0.29) is 5.91 Å². The largest absolute Gasteiger partial charge is 0.466 e. The van der Waals surface area contributed by atoms with E-state index in [9.17, 15) is 4.79 Å². The average molecular weight is 308 g/mol. The number of hydrogen-bond donors (Lipinski definition) is 1. The first-order chi connectivity index (χ1) is 10.5. The molecule has 1 aromatic rings. The smallest absolute Gasteiger partial charge is 0.254 e. The molecule has 22 heavy (non-hydrogen) atoms. The molecule has 1 unspecified atom stereocenters. The Balaban J connectivity index is 1.95. The van der Waals surface area contributed by atoms with Crippen molar-refractivity contribution in [2.75, 3.05) is 32.8 Å². The highest BCUT2D eigenvalue weighted by atomic mass is 16.5. The van der Waals surface area contributed by atoms with Crippen molar-refractivity contribution in [3.63, 3.8) is 0 Å². The Bertz CT molecular complexity index is 490. The van der Waals surface area contributed by atoms with Crippen LogP contribution in [0.15, 0.2) is 10.5 Å². The van der Waals surface area contributed by atoms with E-state index in [2.05, 4.69) is 24.1 Å². The fourth-order valence-electron chi connectivity index (χ4n) is 3.01. The van der Waals surface area contributed by atoms with Crippen molar-refractivity contribution >= 4 is 5.91 Å². The number of rotatable bonds is 6. The lowest BCUT2D eigenvalue weighted by atomic mass is 10.0. The minimum atomic E-state index is -0.0450. The quantitative estimate of drug-likeness (QED) is 0.876. The molecule has 1 aliphatic heterocycles. The van der Waals surface area contributed by atoms with Crippen LogP contribution in [-0.2, 0) is 4.74 Å². The zero-order chi connectivity index (χ0) is 16.1. The highest BCUT2D eigenvalue weighted by Gasteiger charge is 2.23. The fourth-order valence-corrected chi connectivity index (χ4v) is 3.01. The molecule has 2 rings (SSSR count). The lowest BCUT2D eigenvalue weighted by Gasteiger charge is -2.35. The Morgan fingerprint density at radius 1 is 1.32 bits per heavy atom. The van der Waals surface area contributed by atoms with E-state index in [1.54, 1.807) is 6.07 Å². The highest BCUT2D eigenvalue weighted by Crippen LogP contribution is 2.15. The molecule has 0 radical (unpaired) electrons. The van der Waals surface area contributed by atoms with Crippen LogP contribution in [0.4, 0.5) is 0 Å². The third kappa shape index (κ3) is 4.58. The van der Waals surface area contributed by atoms with Gasteiger partial charge in [-0.15, -0.1) is 0 Å². The van der Waals surface area contributed by atoms with Crippen LogP contribution in [0.5, 0.6) is 0 Å². The van der Waals surface area contributed by atoms with Gasteiger partial charge >= 0.3 is 0 Å². The number of amides is 1. The second kappa shape index (κ2) is 7.79. The molecule has 1 aromatic heterocycles. The van der Waals surface area contributed by atoms with Gasteiger partial charge in [-0.05, 0) is 32.3 Å². The molecule has 1 saturated heterocycles. The number of aryl methyl sites for hydroxylation is 2. The molecule has 0 spiro atoms. The Hall–Kier alpha value is -1.33. The highest BCUT2D eigenvalue weighted by molar-refractivity contribution is 5.95. The summed E-state index contributed by atoms with van der Waals surface area (Å²) in [5, 5.41) is 3.07. The van der Waals surface area contributed by atoms with Gasteiger partial charge in [0.15, 0.2) is 0 Å². The molecular formula is C17H28N2O3. The molecule has 5 heteroatoms. The van der Waals surface area contributed by atoms with Crippen LogP contribution in [0.2, 0.25) is 0 Å². The summed E-state index contributed by atoms with van der Waals surface area (Å²) in [7, 11) is 0. The minimum absolute atomic E-state index is 0.0450. The topological polar surface area (TPSA) is 54.7 Å². The number of ether oxygens (including phenoxy) is 1. The number of hydrogen-bond acceptors (Lipinski definition) is 4. The second-order valence-corrected chi connectivity index (χ2v) is 6.47. The molecule has 2 heterocycles. The molecule has 1 atom stereocenters. The van der Waals surface area contributed by atoms with Gasteiger partial charge in [-0.25, -0.2) is 0 Å². The summed E-state index contributed by atoms with van der Waals surface area (Å²) in [6.45, 7) is 12.2. The van der Waals surface area contributed by atoms with Gasteiger partial charge in [0.25, 0.3) is 5.91 Å². The van der Waals surface area contributed by atoms with Crippen LogP contribution >= 0.6 is 0 Å². The minimum Gasteiger partial charge on any atom is -0.466 e. The molecule has 1 fully saturated rings. The van der Waals surface area contributed by atoms with E-state index in [1.807, 2.05) is 13.8 Å². The molecular weight excluding hydrogens is 280 g/mol. The Morgan fingerprint density at radius 3 is 2.55 bits per heavy atom. The first kappa shape index (κ1) is 17.0. The summed E-state index contributed by atoms with van der Waals surface area (Å²) in [5.41, 5.74) is 0.641. The summed E-state index contributed by atoms with van der Waals surface area (Å²) in [4.78, 5) is 14.8. The third-order valence-corrected chi connectivity index (χ3v) is 4.09. The monoisotopic (exact) mass is 308 g/mol. The van der Waals surface area contributed by atoms with Crippen LogP contribution in [0.25, 0.3) is 0 Å². The second-order valence-electron chi connectivity index (χ2n) is 6.47. The van der Waals surface area contributed by atoms with Crippen molar-refractivity contribution in [1.82, 2.24) is 10.2 Å². The summed E-state index contributed by atoms with van der Waals surface area (Å²) < 4.78 is 10.9. The predicted molar refractivity (Wildman–Crippen MR) is 86.2 cm³/mol. The molecule has 0 saturated carbocycles. The zero-order valence-corrected chi connectivity index (χ0v) is 14.1. The van der Waals surface area contributed by atoms with Crippen LogP contribution in [-0.4, -0.2) is 49.7 Å². The molecule has 124 valence electrons. The third-order valence-electron chi connectivity index (χ3n) is 4.09. The number of morpholine rings is 1. The van der Waals surface area contributed by atoms with E-state index in [4.69, 9.17) is 9.15 Å². The molecule has 0 bridgehead atoms. The molecule has 1 N–H and O–H groups in total. The lowest BCUT2D eigenvalue weighted by Crippen LogP contribution is -2.49. The van der Waals surface area contributed by atoms with Gasteiger partial charge in [-0.1, -0.05) is 13.8 Å². The van der Waals surface area contributed by atoms with Crippen LogP contribution in [0, 0.1) is 19.8 Å². The summed E-state index contributed by atoms with van der Waals surface area (Å²) in [5.74, 6) is 2.01. The number of furan rings is 1. The SMILES string of the molecule is Cc1cc(C(=O)NCC(CC(C)C)N2CCOCC2)c(C)o1. The van der Waals surface area contributed by atoms with Crippen LogP contribution in [0.3, 0.4) is 0 Å². The van der Waals surface area contributed by atoms with Crippen molar-refractivity contribution in [3.8, 4) is 0 Å². The van der Waals surface area contributed by atoms with Crippen molar-refractivity contribution in [3.05, 3.63) is 23.2 Å². The van der Waals surface area contributed by atoms with E-state index in [0.29, 0.717) is 29.8 Å². The Kier molecular flexibility index (Phi) is 6.03. The normalized spacial score (nSPS) is 17.7. The van der Waals surface area contributed by atoms with Crippen LogP contribution in [0.1, 0.15) is 42.1 Å². The Labute approximate surface area is 133 Å². The van der Waals surface area contributed by atoms with Crippen molar-refractivity contribution in [1.29, 1.82) is 0 Å². The lowest BCUT2D eigenvalue weighted by molar-refractivity contribution is 0.0124. The summed E-state index contributed by atoms with van der Waals surface area (Å²) in [6, 6.07) is 2.16. The molecule has 5 nitrogen and oxygen atoms in total. The van der Waals surface area contributed by atoms with Crippen molar-refractivity contribution in [2.45, 2.75) is 40.2 Å². The van der Waals surface area contributed by atoms with Crippen LogP contribution < -0.4 is 5.32 Å². The van der Waals surface area contributed by atoms with E-state index in [1.165, 1.54) is 0 Å². The maximum Gasteiger partial charge on any atom is 0.254 e. The molecule has 1 aliphatic rings. The van der Waals surface area contributed by atoms with Gasteiger partial charge in [-0.2, -0.15) is 0 Å². The predicted octanol–water partition coefficient (Wildman–Crippen LogP) is 2.37. The first-order valence-electron chi connectivity index (χ1n) is 8.14.